The van der Waals surface area contributed by atoms with E-state index in [4.69, 9.17) is 4.42 Å². The number of carbonyl (C=O) groups is 2. The second kappa shape index (κ2) is 10.4. The number of nitrogens with one attached hydrogen (secondary N) is 3. The van der Waals surface area contributed by atoms with Crippen LogP contribution in [0.4, 0.5) is 5.69 Å². The van der Waals surface area contributed by atoms with E-state index in [1.165, 1.54) is 18.2 Å². The lowest BCUT2D eigenvalue weighted by molar-refractivity contribution is -0.121. The number of amides is 2. The summed E-state index contributed by atoms with van der Waals surface area (Å²) < 4.78 is 33.3. The zero-order valence-corrected chi connectivity index (χ0v) is 19.5. The average molecular weight is 496 g/mol. The summed E-state index contributed by atoms with van der Waals surface area (Å²) in [5, 5.41) is 1.65. The first-order valence-electron chi connectivity index (χ1n) is 10.3. The number of benzene rings is 2. The SMILES string of the molecule is O=C(CCc1ccc(-c2ccccc2)o1)NNC(=O)c1ccccc1NS(=O)(=O)c1cccs1. The van der Waals surface area contributed by atoms with Crippen molar-refractivity contribution in [1.82, 2.24) is 10.9 Å². The molecule has 0 aliphatic carbocycles. The minimum Gasteiger partial charge on any atom is -0.461 e. The molecule has 10 heteroatoms. The Morgan fingerprint density at radius 1 is 0.853 bits per heavy atom. The second-order valence-corrected chi connectivity index (χ2v) is 10.1. The molecule has 8 nitrogen and oxygen atoms in total. The Bertz CT molecular complexity index is 1380. The number of furan rings is 1. The van der Waals surface area contributed by atoms with E-state index >= 15 is 0 Å². The molecular formula is C24H21N3O5S2. The van der Waals surface area contributed by atoms with Gasteiger partial charge in [0.05, 0.1) is 11.3 Å². The number of para-hydroxylation sites is 1. The van der Waals surface area contributed by atoms with Gasteiger partial charge in [-0.2, -0.15) is 0 Å². The Morgan fingerprint density at radius 3 is 2.38 bits per heavy atom. The summed E-state index contributed by atoms with van der Waals surface area (Å²) in [6.45, 7) is 0. The van der Waals surface area contributed by atoms with Gasteiger partial charge in [-0.25, -0.2) is 8.42 Å². The van der Waals surface area contributed by atoms with Crippen LogP contribution in [0.5, 0.6) is 0 Å². The number of rotatable bonds is 8. The number of aryl methyl sites for hydroxylation is 1. The van der Waals surface area contributed by atoms with E-state index in [2.05, 4.69) is 15.6 Å². The lowest BCUT2D eigenvalue weighted by atomic mass is 10.2. The fourth-order valence-electron chi connectivity index (χ4n) is 3.14. The molecule has 0 radical (unpaired) electrons. The van der Waals surface area contributed by atoms with E-state index in [0.29, 0.717) is 17.9 Å². The molecule has 0 aliphatic heterocycles. The van der Waals surface area contributed by atoms with Gasteiger partial charge in [-0.3, -0.25) is 25.2 Å². The molecular weight excluding hydrogens is 474 g/mol. The minimum absolute atomic E-state index is 0.0708. The zero-order chi connectivity index (χ0) is 24.0. The van der Waals surface area contributed by atoms with Gasteiger partial charge in [-0.15, -0.1) is 11.3 Å². The van der Waals surface area contributed by atoms with Crippen LogP contribution in [-0.4, -0.2) is 20.2 Å². The molecule has 0 aliphatic rings. The Morgan fingerprint density at radius 2 is 1.62 bits per heavy atom. The second-order valence-electron chi connectivity index (χ2n) is 7.22. The maximum absolute atomic E-state index is 12.6. The van der Waals surface area contributed by atoms with Gasteiger partial charge in [0.25, 0.3) is 15.9 Å². The molecule has 3 N–H and O–H groups in total. The van der Waals surface area contributed by atoms with Crippen molar-refractivity contribution < 1.29 is 22.4 Å². The van der Waals surface area contributed by atoms with E-state index < -0.39 is 21.8 Å². The number of carbonyl (C=O) groups excluding carboxylic acids is 2. The Hall–Kier alpha value is -3.89. The molecule has 0 unspecified atom stereocenters. The number of thiophene rings is 1. The number of anilines is 1. The van der Waals surface area contributed by atoms with Crippen LogP contribution in [0.1, 0.15) is 22.5 Å². The Labute approximate surface area is 200 Å². The predicted octanol–water partition coefficient (Wildman–Crippen LogP) is 4.20. The van der Waals surface area contributed by atoms with Crippen LogP contribution in [0.2, 0.25) is 0 Å². The highest BCUT2D eigenvalue weighted by atomic mass is 32.2. The highest BCUT2D eigenvalue weighted by Gasteiger charge is 2.19. The lowest BCUT2D eigenvalue weighted by Crippen LogP contribution is -2.42. The molecule has 0 saturated carbocycles. The van der Waals surface area contributed by atoms with Crippen LogP contribution in [0.15, 0.2) is 92.9 Å². The molecule has 4 rings (SSSR count). The van der Waals surface area contributed by atoms with Crippen molar-refractivity contribution in [1.29, 1.82) is 0 Å². The van der Waals surface area contributed by atoms with Crippen molar-refractivity contribution in [3.05, 3.63) is 95.6 Å². The summed E-state index contributed by atoms with van der Waals surface area (Å²) in [6, 6.07) is 22.5. The third-order valence-electron chi connectivity index (χ3n) is 4.81. The largest absolute Gasteiger partial charge is 0.461 e. The lowest BCUT2D eigenvalue weighted by Gasteiger charge is -2.12. The quantitative estimate of drug-likeness (QED) is 0.317. The maximum atomic E-state index is 12.6. The first-order valence-corrected chi connectivity index (χ1v) is 12.7. The van der Waals surface area contributed by atoms with Crippen LogP contribution >= 0.6 is 11.3 Å². The van der Waals surface area contributed by atoms with Crippen LogP contribution < -0.4 is 15.6 Å². The van der Waals surface area contributed by atoms with Crippen molar-refractivity contribution in [2.75, 3.05) is 4.72 Å². The molecule has 2 amide bonds. The van der Waals surface area contributed by atoms with Crippen LogP contribution in [0.25, 0.3) is 11.3 Å². The molecule has 4 aromatic rings. The van der Waals surface area contributed by atoms with Gasteiger partial charge >= 0.3 is 0 Å². The van der Waals surface area contributed by atoms with E-state index in [9.17, 15) is 18.0 Å². The summed E-state index contributed by atoms with van der Waals surface area (Å²) in [7, 11) is -3.82. The molecule has 0 atom stereocenters. The van der Waals surface area contributed by atoms with Gasteiger partial charge < -0.3 is 4.42 Å². The topological polar surface area (TPSA) is 118 Å². The summed E-state index contributed by atoms with van der Waals surface area (Å²) >= 11 is 1.07. The van der Waals surface area contributed by atoms with Gasteiger partial charge in [0.2, 0.25) is 5.91 Å². The highest BCUT2D eigenvalue weighted by Crippen LogP contribution is 2.23. The van der Waals surface area contributed by atoms with Crippen molar-refractivity contribution in [3.8, 4) is 11.3 Å². The van der Waals surface area contributed by atoms with Crippen molar-refractivity contribution >= 4 is 38.9 Å². The van der Waals surface area contributed by atoms with Gasteiger partial charge in [-0.1, -0.05) is 48.5 Å². The minimum atomic E-state index is -3.82. The smallest absolute Gasteiger partial charge is 0.271 e. The average Bonchev–Trinajstić information content (AvgIpc) is 3.55. The molecule has 34 heavy (non-hydrogen) atoms. The maximum Gasteiger partial charge on any atom is 0.271 e. The van der Waals surface area contributed by atoms with Gasteiger partial charge in [-0.05, 0) is 35.7 Å². The van der Waals surface area contributed by atoms with Crippen LogP contribution in [0.3, 0.4) is 0 Å². The molecule has 2 aromatic carbocycles. The summed E-state index contributed by atoms with van der Waals surface area (Å²) in [5.74, 6) is 0.296. The normalized spacial score (nSPS) is 11.1. The zero-order valence-electron chi connectivity index (χ0n) is 17.9. The van der Waals surface area contributed by atoms with E-state index in [0.717, 1.165) is 16.9 Å². The summed E-state index contributed by atoms with van der Waals surface area (Å²) in [6.07, 6.45) is 0.445. The van der Waals surface area contributed by atoms with E-state index in [1.807, 2.05) is 42.5 Å². The fraction of sp³-hybridized carbons (Fsp3) is 0.0833. The molecule has 0 fully saturated rings. The number of hydrazine groups is 1. The Balaban J connectivity index is 1.32. The van der Waals surface area contributed by atoms with Crippen LogP contribution in [-0.2, 0) is 21.2 Å². The number of hydrogen-bond acceptors (Lipinski definition) is 6. The first kappa shape index (κ1) is 23.3. The summed E-state index contributed by atoms with van der Waals surface area (Å²) in [4.78, 5) is 24.8. The van der Waals surface area contributed by atoms with E-state index in [1.54, 1.807) is 23.6 Å². The standard InChI is InChI=1S/C24H21N3O5S2/c28-22(15-13-18-12-14-21(32-18)17-7-2-1-3-8-17)25-26-24(29)19-9-4-5-10-20(19)27-34(30,31)23-11-6-16-33-23/h1-12,14,16,27H,13,15H2,(H,25,28)(H,26,29). The number of sulfonamides is 1. The molecule has 0 spiro atoms. The number of hydrogen-bond donors (Lipinski definition) is 3. The van der Waals surface area contributed by atoms with Crippen molar-refractivity contribution in [2.24, 2.45) is 0 Å². The molecule has 0 bridgehead atoms. The summed E-state index contributed by atoms with van der Waals surface area (Å²) in [5.41, 5.74) is 5.80. The predicted molar refractivity (Wildman–Crippen MR) is 130 cm³/mol. The third kappa shape index (κ3) is 5.72. The Kier molecular flexibility index (Phi) is 7.09. The van der Waals surface area contributed by atoms with Crippen molar-refractivity contribution in [2.45, 2.75) is 17.1 Å². The van der Waals surface area contributed by atoms with Gasteiger partial charge in [0.1, 0.15) is 15.7 Å². The fourth-order valence-corrected chi connectivity index (χ4v) is 5.22. The van der Waals surface area contributed by atoms with Gasteiger partial charge in [0, 0.05) is 18.4 Å². The molecule has 2 heterocycles. The van der Waals surface area contributed by atoms with E-state index in [-0.39, 0.29) is 21.9 Å². The van der Waals surface area contributed by atoms with Gasteiger partial charge in [0.15, 0.2) is 0 Å². The highest BCUT2D eigenvalue weighted by molar-refractivity contribution is 7.94. The molecule has 2 aromatic heterocycles. The molecule has 0 saturated heterocycles. The first-order chi connectivity index (χ1) is 16.4. The van der Waals surface area contributed by atoms with Crippen molar-refractivity contribution in [3.63, 3.8) is 0 Å². The molecule has 174 valence electrons. The monoisotopic (exact) mass is 495 g/mol. The third-order valence-corrected chi connectivity index (χ3v) is 7.57. The van der Waals surface area contributed by atoms with Crippen LogP contribution in [0, 0.1) is 0 Å².